The summed E-state index contributed by atoms with van der Waals surface area (Å²) in [5.41, 5.74) is 0. The summed E-state index contributed by atoms with van der Waals surface area (Å²) in [5.74, 6) is 0. The SMILES string of the molecule is CCCCCCCCCCCCCCN(C(=S)[S][Mo])C1CCCCC1. The number of unbranched alkanes of at least 4 members (excludes halogenated alkanes) is 11. The van der Waals surface area contributed by atoms with Crippen LogP contribution in [-0.4, -0.2) is 21.8 Å². The minimum absolute atomic E-state index is 0.739. The van der Waals surface area contributed by atoms with Gasteiger partial charge in [0.25, 0.3) is 0 Å². The quantitative estimate of drug-likeness (QED) is 0.146. The summed E-state index contributed by atoms with van der Waals surface area (Å²) in [6, 6.07) is 0.739. The van der Waals surface area contributed by atoms with Crippen molar-refractivity contribution in [2.45, 2.75) is 122 Å². The van der Waals surface area contributed by atoms with Gasteiger partial charge in [-0.25, -0.2) is 0 Å². The average molecular weight is 467 g/mol. The molecule has 0 aromatic heterocycles. The fraction of sp³-hybridized carbons (Fsp3) is 0.952. The molecule has 0 aromatic carbocycles. The van der Waals surface area contributed by atoms with E-state index in [4.69, 9.17) is 12.2 Å². The van der Waals surface area contributed by atoms with Crippen LogP contribution in [0.1, 0.15) is 116 Å². The van der Waals surface area contributed by atoms with Crippen LogP contribution >= 0.6 is 21.7 Å². The van der Waals surface area contributed by atoms with E-state index in [-0.39, 0.29) is 0 Å². The van der Waals surface area contributed by atoms with Crippen molar-refractivity contribution < 1.29 is 18.5 Å². The molecule has 147 valence electrons. The molecule has 1 fully saturated rings. The molecule has 0 aromatic rings. The standard InChI is InChI=1S/C21H41NS2.Mo/c1-2-3-4-5-6-7-8-9-10-11-12-16-19-22(21(23)24)20-17-14-13-15-18-20;/h20H,2-19H2,1H3,(H,23,24);/q;+1/p-1. The molecule has 0 spiro atoms. The van der Waals surface area contributed by atoms with Crippen molar-refractivity contribution in [1.29, 1.82) is 0 Å². The van der Waals surface area contributed by atoms with E-state index in [9.17, 15) is 0 Å². The molecule has 0 heterocycles. The van der Waals surface area contributed by atoms with Crippen LogP contribution in [0, 0.1) is 0 Å². The molecule has 0 atom stereocenters. The van der Waals surface area contributed by atoms with Gasteiger partial charge in [0.05, 0.1) is 0 Å². The zero-order valence-electron chi connectivity index (χ0n) is 16.5. The fourth-order valence-corrected chi connectivity index (χ4v) is 5.27. The van der Waals surface area contributed by atoms with E-state index in [1.807, 2.05) is 0 Å². The molecule has 0 N–H and O–H groups in total. The van der Waals surface area contributed by atoms with Crippen molar-refractivity contribution in [3.8, 4) is 0 Å². The minimum atomic E-state index is 0.739. The molecule has 0 unspecified atom stereocenters. The van der Waals surface area contributed by atoms with E-state index in [1.165, 1.54) is 116 Å². The van der Waals surface area contributed by atoms with Crippen LogP contribution in [0.3, 0.4) is 0 Å². The Kier molecular flexibility index (Phi) is 16.4. The van der Waals surface area contributed by atoms with E-state index in [0.29, 0.717) is 0 Å². The number of rotatable bonds is 14. The van der Waals surface area contributed by atoms with Crippen molar-refractivity contribution in [2.24, 2.45) is 0 Å². The van der Waals surface area contributed by atoms with Crippen molar-refractivity contribution in [2.75, 3.05) is 6.54 Å². The average Bonchev–Trinajstić information content (AvgIpc) is 2.66. The molecule has 1 aliphatic carbocycles. The van der Waals surface area contributed by atoms with Crippen molar-refractivity contribution >= 4 is 26.0 Å². The molecule has 0 aliphatic heterocycles. The molecule has 0 saturated heterocycles. The van der Waals surface area contributed by atoms with Crippen LogP contribution in [0.4, 0.5) is 0 Å². The molecular formula is C21H40MoNS2. The normalized spacial score (nSPS) is 15.4. The first kappa shape index (κ1) is 24.0. The molecule has 1 saturated carbocycles. The van der Waals surface area contributed by atoms with Crippen molar-refractivity contribution in [1.82, 2.24) is 4.90 Å². The maximum absolute atomic E-state index is 5.64. The van der Waals surface area contributed by atoms with Gasteiger partial charge in [-0.15, -0.1) is 0 Å². The van der Waals surface area contributed by atoms with Gasteiger partial charge in [-0.3, -0.25) is 0 Å². The molecular weight excluding hydrogens is 426 g/mol. The molecule has 0 bridgehead atoms. The van der Waals surface area contributed by atoms with Crippen LogP contribution in [0.25, 0.3) is 0 Å². The number of nitrogens with zero attached hydrogens (tertiary/aromatic N) is 1. The third kappa shape index (κ3) is 12.1. The molecule has 0 amide bonds. The van der Waals surface area contributed by atoms with Gasteiger partial charge in [0.2, 0.25) is 0 Å². The third-order valence-electron chi connectivity index (χ3n) is 5.57. The summed E-state index contributed by atoms with van der Waals surface area (Å²) in [6.07, 6.45) is 24.0. The van der Waals surface area contributed by atoms with Crippen molar-refractivity contribution in [3.63, 3.8) is 0 Å². The number of hydrogen-bond donors (Lipinski definition) is 0. The summed E-state index contributed by atoms with van der Waals surface area (Å²) in [6.45, 7) is 3.49. The Hall–Kier alpha value is 0.928. The summed E-state index contributed by atoms with van der Waals surface area (Å²) < 4.78 is 1.14. The second kappa shape index (κ2) is 17.1. The van der Waals surface area contributed by atoms with E-state index >= 15 is 0 Å². The van der Waals surface area contributed by atoms with Gasteiger partial charge in [0, 0.05) is 0 Å². The summed E-state index contributed by atoms with van der Waals surface area (Å²) >= 11 is 7.70. The molecule has 0 radical (unpaired) electrons. The topological polar surface area (TPSA) is 3.24 Å². The molecule has 1 aliphatic rings. The summed E-state index contributed by atoms with van der Waals surface area (Å²) in [5, 5.41) is 0. The number of hydrogen-bond acceptors (Lipinski definition) is 2. The van der Waals surface area contributed by atoms with Gasteiger partial charge in [0.15, 0.2) is 0 Å². The van der Waals surface area contributed by atoms with Crippen LogP contribution in [0.15, 0.2) is 0 Å². The second-order valence-electron chi connectivity index (χ2n) is 7.72. The fourth-order valence-electron chi connectivity index (χ4n) is 3.99. The molecule has 25 heavy (non-hydrogen) atoms. The van der Waals surface area contributed by atoms with E-state index in [2.05, 4.69) is 30.4 Å². The zero-order chi connectivity index (χ0) is 18.2. The third-order valence-corrected chi connectivity index (χ3v) is 8.44. The van der Waals surface area contributed by atoms with Crippen molar-refractivity contribution in [3.05, 3.63) is 0 Å². The van der Waals surface area contributed by atoms with Gasteiger partial charge < -0.3 is 0 Å². The Balaban J connectivity index is 1.99. The van der Waals surface area contributed by atoms with Crippen LogP contribution in [0.2, 0.25) is 0 Å². The predicted molar refractivity (Wildman–Crippen MR) is 115 cm³/mol. The van der Waals surface area contributed by atoms with Gasteiger partial charge in [-0.05, 0) is 0 Å². The summed E-state index contributed by atoms with van der Waals surface area (Å²) in [4.78, 5) is 2.57. The molecule has 4 heteroatoms. The van der Waals surface area contributed by atoms with E-state index in [1.54, 1.807) is 9.47 Å². The Morgan fingerprint density at radius 2 is 1.32 bits per heavy atom. The number of thiocarbonyl (C=S) groups is 1. The monoisotopic (exact) mass is 468 g/mol. The predicted octanol–water partition coefficient (Wildman–Crippen LogP) is 7.80. The second-order valence-corrected chi connectivity index (χ2v) is 10.2. The Bertz CT molecular complexity index is 319. The Morgan fingerprint density at radius 3 is 1.80 bits per heavy atom. The van der Waals surface area contributed by atoms with Crippen LogP contribution in [-0.2, 0) is 18.5 Å². The van der Waals surface area contributed by atoms with E-state index < -0.39 is 0 Å². The first-order valence-corrected chi connectivity index (χ1v) is 14.5. The Labute approximate surface area is 177 Å². The Morgan fingerprint density at radius 1 is 0.840 bits per heavy atom. The van der Waals surface area contributed by atoms with Gasteiger partial charge >= 0.3 is 145 Å². The molecule has 1 rings (SSSR count). The summed E-state index contributed by atoms with van der Waals surface area (Å²) in [7, 11) is 1.78. The first-order valence-electron chi connectivity index (χ1n) is 10.9. The van der Waals surface area contributed by atoms with E-state index in [0.717, 1.165) is 10.4 Å². The van der Waals surface area contributed by atoms with Crippen LogP contribution < -0.4 is 0 Å². The molecule has 1 nitrogen and oxygen atoms in total. The van der Waals surface area contributed by atoms with Crippen LogP contribution in [0.5, 0.6) is 0 Å². The maximum atomic E-state index is 5.64. The van der Waals surface area contributed by atoms with Gasteiger partial charge in [-0.1, -0.05) is 32.6 Å². The first-order chi connectivity index (χ1) is 12.3. The zero-order valence-corrected chi connectivity index (χ0v) is 20.1. The van der Waals surface area contributed by atoms with Gasteiger partial charge in [0.1, 0.15) is 0 Å². The van der Waals surface area contributed by atoms with Gasteiger partial charge in [-0.2, -0.15) is 0 Å².